The summed E-state index contributed by atoms with van der Waals surface area (Å²) in [5, 5.41) is 21.1. The SMILES string of the molecule is CC(C)(C)OC(=O)NCCC(=O)O.NCCC(=O)OCc1cc(F)c(F)cc1-c1ccc2nc(N)nc(C(=O)N3Cc4ccccc4C3)c2c1.Nc1nc(C(=O)N2Cc3ccccc3C2)c2cc(-c3cc(F)c(F)cc3CO)ccc2n1. The molecule has 0 atom stereocenters. The molecule has 8 aromatic rings. The highest BCUT2D eigenvalue weighted by Crippen LogP contribution is 2.34. The fourth-order valence-corrected chi connectivity index (χ4v) is 9.10. The van der Waals surface area contributed by atoms with Crippen LogP contribution in [0.5, 0.6) is 0 Å². The highest BCUT2D eigenvalue weighted by Gasteiger charge is 2.29. The first kappa shape index (κ1) is 58.5. The van der Waals surface area contributed by atoms with Crippen LogP contribution < -0.4 is 22.5 Å². The van der Waals surface area contributed by atoms with Gasteiger partial charge in [-0.05, 0) is 119 Å². The lowest BCUT2D eigenvalue weighted by Crippen LogP contribution is -2.33. The van der Waals surface area contributed by atoms with E-state index in [1.54, 1.807) is 67.0 Å². The van der Waals surface area contributed by atoms with E-state index in [-0.39, 0.29) is 78.8 Å². The van der Waals surface area contributed by atoms with Crippen molar-refractivity contribution >= 4 is 63.5 Å². The third-order valence-electron chi connectivity index (χ3n) is 12.9. The van der Waals surface area contributed by atoms with Gasteiger partial charge < -0.3 is 52.0 Å². The summed E-state index contributed by atoms with van der Waals surface area (Å²) in [5.74, 6) is -6.43. The molecule has 0 aliphatic carbocycles. The lowest BCUT2D eigenvalue weighted by Gasteiger charge is -2.19. The van der Waals surface area contributed by atoms with Gasteiger partial charge in [-0.1, -0.05) is 60.7 Å². The number of nitrogens with zero attached hydrogens (tertiary/aromatic N) is 6. The van der Waals surface area contributed by atoms with Crippen LogP contribution in [0.4, 0.5) is 34.3 Å². The van der Waals surface area contributed by atoms with E-state index in [4.69, 9.17) is 31.8 Å². The highest BCUT2D eigenvalue weighted by atomic mass is 19.2. The van der Waals surface area contributed by atoms with Crippen LogP contribution in [-0.2, 0) is 58.5 Å². The minimum absolute atomic E-state index is 0.000411. The first-order chi connectivity index (χ1) is 39.1. The van der Waals surface area contributed by atoms with Gasteiger partial charge in [0.25, 0.3) is 11.8 Å². The van der Waals surface area contributed by atoms with E-state index in [1.165, 1.54) is 0 Å². The Morgan fingerprint density at radius 3 is 1.45 bits per heavy atom. The number of halogens is 4. The molecular weight excluding hydrogens is 1070 g/mol. The molecule has 2 aromatic heterocycles. The van der Waals surface area contributed by atoms with Crippen molar-refractivity contribution in [3.8, 4) is 22.3 Å². The highest BCUT2D eigenvalue weighted by molar-refractivity contribution is 6.07. The number of rotatable bonds is 12. The molecule has 19 nitrogen and oxygen atoms in total. The molecule has 0 saturated heterocycles. The van der Waals surface area contributed by atoms with Gasteiger partial charge in [-0.25, -0.2) is 42.3 Å². The topological polar surface area (TPSA) is 292 Å². The molecule has 6 aromatic carbocycles. The molecule has 4 heterocycles. The molecule has 0 unspecified atom stereocenters. The predicted octanol–water partition coefficient (Wildman–Crippen LogP) is 8.50. The number of aromatic nitrogens is 4. The number of esters is 1. The second-order valence-corrected chi connectivity index (χ2v) is 20.0. The van der Waals surface area contributed by atoms with Crippen LogP contribution in [0.25, 0.3) is 44.1 Å². The summed E-state index contributed by atoms with van der Waals surface area (Å²) in [6, 6.07) is 29.4. The number of amides is 3. The van der Waals surface area contributed by atoms with Gasteiger partial charge in [0.15, 0.2) is 23.3 Å². The molecule has 0 spiro atoms. The van der Waals surface area contributed by atoms with E-state index in [2.05, 4.69) is 25.3 Å². The number of carboxylic acids is 1. The van der Waals surface area contributed by atoms with Gasteiger partial charge in [-0.2, -0.15) is 0 Å². The second kappa shape index (κ2) is 25.2. The molecule has 3 amide bonds. The van der Waals surface area contributed by atoms with Crippen LogP contribution >= 0.6 is 0 Å². The molecule has 82 heavy (non-hydrogen) atoms. The maximum absolute atomic E-state index is 14.3. The molecule has 2 aliphatic heterocycles. The van der Waals surface area contributed by atoms with Gasteiger partial charge in [0.2, 0.25) is 11.9 Å². The van der Waals surface area contributed by atoms with Crippen LogP contribution in [-0.4, -0.2) is 88.5 Å². The Hall–Kier alpha value is -9.61. The Bertz CT molecular complexity index is 3740. The Kier molecular flexibility index (Phi) is 18.0. The summed E-state index contributed by atoms with van der Waals surface area (Å²) in [5.41, 5.74) is 24.0. The van der Waals surface area contributed by atoms with Crippen LogP contribution in [0.3, 0.4) is 0 Å². The van der Waals surface area contributed by atoms with Crippen molar-refractivity contribution in [2.45, 2.75) is 78.6 Å². The van der Waals surface area contributed by atoms with E-state index in [0.29, 0.717) is 70.2 Å². The number of nitrogen functional groups attached to an aromatic ring is 2. The average molecular weight is 1130 g/mol. The monoisotopic (exact) mass is 1120 g/mol. The molecular formula is C59H56F4N10O9. The molecule has 0 radical (unpaired) electrons. The lowest BCUT2D eigenvalue weighted by molar-refractivity contribution is -0.144. The van der Waals surface area contributed by atoms with Crippen molar-refractivity contribution in [1.82, 2.24) is 35.1 Å². The molecule has 0 bridgehead atoms. The number of carbonyl (C=O) groups excluding carboxylic acids is 4. The lowest BCUT2D eigenvalue weighted by atomic mass is 9.97. The number of aliphatic carboxylic acids is 1. The maximum atomic E-state index is 14.3. The number of nitrogens with two attached hydrogens (primary N) is 3. The van der Waals surface area contributed by atoms with E-state index >= 15 is 0 Å². The average Bonchev–Trinajstić information content (AvgIpc) is 4.14. The van der Waals surface area contributed by atoms with Crippen LogP contribution in [0.1, 0.15) is 88.0 Å². The zero-order valence-electron chi connectivity index (χ0n) is 44.6. The first-order valence-corrected chi connectivity index (χ1v) is 25.6. The van der Waals surface area contributed by atoms with Crippen molar-refractivity contribution in [2.75, 3.05) is 24.6 Å². The Balaban J connectivity index is 0.000000178. The Morgan fingerprint density at radius 2 is 1.04 bits per heavy atom. The zero-order chi connectivity index (χ0) is 59.0. The number of hydrogen-bond donors (Lipinski definition) is 6. The quantitative estimate of drug-likeness (QED) is 0.0494. The summed E-state index contributed by atoms with van der Waals surface area (Å²) in [4.78, 5) is 79.9. The van der Waals surface area contributed by atoms with E-state index in [1.807, 2.05) is 48.5 Å². The molecule has 10 rings (SSSR count). The van der Waals surface area contributed by atoms with Crippen molar-refractivity contribution in [1.29, 1.82) is 0 Å². The number of alkyl carbamates (subject to hydrolysis) is 1. The number of aliphatic hydroxyl groups excluding tert-OH is 1. The molecule has 0 saturated carbocycles. The minimum Gasteiger partial charge on any atom is -0.481 e. The number of anilines is 2. The van der Waals surface area contributed by atoms with Crippen molar-refractivity contribution in [3.63, 3.8) is 0 Å². The Labute approximate surface area is 466 Å². The summed E-state index contributed by atoms with van der Waals surface area (Å²) >= 11 is 0. The maximum Gasteiger partial charge on any atom is 0.407 e. The van der Waals surface area contributed by atoms with Crippen molar-refractivity contribution in [2.24, 2.45) is 5.73 Å². The van der Waals surface area contributed by atoms with Gasteiger partial charge in [0.1, 0.15) is 23.6 Å². The third-order valence-corrected chi connectivity index (χ3v) is 12.9. The molecule has 2 aliphatic rings. The number of hydrogen-bond acceptors (Lipinski definition) is 15. The van der Waals surface area contributed by atoms with Crippen molar-refractivity contribution < 1.29 is 61.2 Å². The summed E-state index contributed by atoms with van der Waals surface area (Å²) in [6.07, 6.45) is -0.688. The number of nitrogens with one attached hydrogen (secondary N) is 1. The number of ether oxygens (including phenoxy) is 2. The van der Waals surface area contributed by atoms with E-state index in [9.17, 15) is 46.6 Å². The van der Waals surface area contributed by atoms with E-state index < -0.39 is 53.5 Å². The van der Waals surface area contributed by atoms with Crippen molar-refractivity contribution in [3.05, 3.63) is 177 Å². The number of carbonyl (C=O) groups is 5. The third kappa shape index (κ3) is 14.0. The molecule has 9 N–H and O–H groups in total. The fraction of sp³-hybridized carbons (Fsp3) is 0.237. The number of fused-ring (bicyclic) bond motifs is 4. The number of benzene rings is 6. The first-order valence-electron chi connectivity index (χ1n) is 25.6. The predicted molar refractivity (Wildman–Crippen MR) is 295 cm³/mol. The largest absolute Gasteiger partial charge is 0.481 e. The van der Waals surface area contributed by atoms with Crippen LogP contribution in [0.15, 0.2) is 109 Å². The van der Waals surface area contributed by atoms with Gasteiger partial charge in [0.05, 0.1) is 30.5 Å². The van der Waals surface area contributed by atoms with Gasteiger partial charge >= 0.3 is 18.0 Å². The minimum atomic E-state index is -1.07. The molecule has 424 valence electrons. The Morgan fingerprint density at radius 1 is 0.610 bits per heavy atom. The van der Waals surface area contributed by atoms with Crippen LogP contribution in [0, 0.1) is 23.3 Å². The summed E-state index contributed by atoms with van der Waals surface area (Å²) in [6.45, 7) is 6.44. The van der Waals surface area contributed by atoms with Crippen LogP contribution in [0.2, 0.25) is 0 Å². The van der Waals surface area contributed by atoms with E-state index in [0.717, 1.165) is 46.5 Å². The molecule has 0 fully saturated rings. The summed E-state index contributed by atoms with van der Waals surface area (Å²) < 4.78 is 66.0. The summed E-state index contributed by atoms with van der Waals surface area (Å²) in [7, 11) is 0. The fourth-order valence-electron chi connectivity index (χ4n) is 9.10. The van der Waals surface area contributed by atoms with Gasteiger partial charge in [-0.3, -0.25) is 19.2 Å². The normalized spacial score (nSPS) is 12.4. The van der Waals surface area contributed by atoms with Gasteiger partial charge in [0, 0.05) is 55.6 Å². The molecule has 23 heteroatoms. The number of aliphatic hydroxyl groups is 1. The standard InChI is InChI=1S/C27H23F2N5O3.C24H18F2N4O2.C8H15NO4/c28-21-10-18(14-37-24(35)7-8-30)19(11-22(21)29)15-5-6-23-20(9-15)25(33-27(31)32-23)26(36)34-12-16-3-1-2-4-17(16)13-34;25-19-8-16(12-31)17(9-20(19)26)13-5-6-21-18(7-13)22(29-24(27)28-21)23(32)30-10-14-3-1-2-4-15(14)11-30;1-8(2,3)13-7(12)9-5-4-6(10)11/h1-6,9-11H,7-8,12-14,30H2,(H2,31,32,33);1-9,31H,10-12H2,(H2,27,28,29);4-5H2,1-3H3,(H,9,12)(H,10,11). The number of carboxylic acid groups (broad SMARTS) is 1. The zero-order valence-corrected chi connectivity index (χ0v) is 44.6. The second-order valence-electron chi connectivity index (χ2n) is 20.0. The smallest absolute Gasteiger partial charge is 0.407 e. The van der Waals surface area contributed by atoms with Gasteiger partial charge in [-0.15, -0.1) is 0 Å².